The summed E-state index contributed by atoms with van der Waals surface area (Å²) >= 11 is 0. The average Bonchev–Trinajstić information content (AvgIpc) is 2.23. The third kappa shape index (κ3) is 3.44. The van der Waals surface area contributed by atoms with Crippen LogP contribution in [-0.2, 0) is 4.79 Å². The summed E-state index contributed by atoms with van der Waals surface area (Å²) in [6.07, 6.45) is 2.50. The molecular formula is C12H16N2O4. The normalized spacial score (nSPS) is 11.1. The topological polar surface area (TPSA) is 90.7 Å². The Hall–Kier alpha value is -2.11. The standard InChI is InChI=1S/C12H16N2O4/c1-12(2,3)14(7-10(16)17)11(18)8-4-9(15)6-13-5-8/h4-6,15H,7H2,1-3H3,(H,16,17). The van der Waals surface area contributed by atoms with Crippen LogP contribution in [0.4, 0.5) is 0 Å². The van der Waals surface area contributed by atoms with E-state index in [0.29, 0.717) is 0 Å². The molecule has 98 valence electrons. The van der Waals surface area contributed by atoms with Gasteiger partial charge in [-0.2, -0.15) is 0 Å². The number of carboxylic acid groups (broad SMARTS) is 1. The predicted molar refractivity (Wildman–Crippen MR) is 64.3 cm³/mol. The highest BCUT2D eigenvalue weighted by Crippen LogP contribution is 2.18. The zero-order valence-corrected chi connectivity index (χ0v) is 10.5. The van der Waals surface area contributed by atoms with Gasteiger partial charge in [-0.25, -0.2) is 0 Å². The molecule has 0 aliphatic rings. The summed E-state index contributed by atoms with van der Waals surface area (Å²) in [6, 6.07) is 1.26. The van der Waals surface area contributed by atoms with Crippen molar-refractivity contribution < 1.29 is 19.8 Å². The van der Waals surface area contributed by atoms with Crippen molar-refractivity contribution in [2.45, 2.75) is 26.3 Å². The van der Waals surface area contributed by atoms with Crippen molar-refractivity contribution in [3.8, 4) is 5.75 Å². The van der Waals surface area contributed by atoms with Gasteiger partial charge in [0.15, 0.2) is 0 Å². The Balaban J connectivity index is 3.06. The summed E-state index contributed by atoms with van der Waals surface area (Å²) in [7, 11) is 0. The van der Waals surface area contributed by atoms with E-state index in [1.807, 2.05) is 0 Å². The molecular weight excluding hydrogens is 236 g/mol. The Labute approximate surface area is 105 Å². The van der Waals surface area contributed by atoms with Crippen LogP contribution >= 0.6 is 0 Å². The molecule has 0 fully saturated rings. The number of nitrogens with zero attached hydrogens (tertiary/aromatic N) is 2. The van der Waals surface area contributed by atoms with Gasteiger partial charge in [-0.05, 0) is 26.8 Å². The second-order valence-electron chi connectivity index (χ2n) is 4.89. The highest BCUT2D eigenvalue weighted by atomic mass is 16.4. The number of aromatic hydroxyl groups is 1. The monoisotopic (exact) mass is 252 g/mol. The van der Waals surface area contributed by atoms with Crippen LogP contribution in [0.2, 0.25) is 0 Å². The summed E-state index contributed by atoms with van der Waals surface area (Å²) in [5.41, 5.74) is -0.479. The molecule has 0 bridgehead atoms. The van der Waals surface area contributed by atoms with Crippen molar-refractivity contribution in [3.63, 3.8) is 0 Å². The molecule has 0 atom stereocenters. The Kier molecular flexibility index (Phi) is 3.90. The molecule has 1 aromatic rings. The summed E-state index contributed by atoms with van der Waals surface area (Å²) in [4.78, 5) is 27.9. The van der Waals surface area contributed by atoms with Crippen LogP contribution in [0.5, 0.6) is 5.75 Å². The maximum absolute atomic E-state index is 12.2. The Morgan fingerprint density at radius 3 is 2.39 bits per heavy atom. The molecule has 0 unspecified atom stereocenters. The number of hydrogen-bond donors (Lipinski definition) is 2. The minimum Gasteiger partial charge on any atom is -0.506 e. The fourth-order valence-corrected chi connectivity index (χ4v) is 1.45. The Morgan fingerprint density at radius 1 is 1.33 bits per heavy atom. The van der Waals surface area contributed by atoms with Gasteiger partial charge in [-0.1, -0.05) is 0 Å². The van der Waals surface area contributed by atoms with E-state index in [-0.39, 0.29) is 11.3 Å². The maximum atomic E-state index is 12.2. The number of rotatable bonds is 3. The smallest absolute Gasteiger partial charge is 0.323 e. The Morgan fingerprint density at radius 2 is 1.94 bits per heavy atom. The van der Waals surface area contributed by atoms with Crippen molar-refractivity contribution in [3.05, 3.63) is 24.0 Å². The quantitative estimate of drug-likeness (QED) is 0.841. The molecule has 0 saturated carbocycles. The van der Waals surface area contributed by atoms with E-state index in [1.165, 1.54) is 23.4 Å². The lowest BCUT2D eigenvalue weighted by atomic mass is 10.0. The highest BCUT2D eigenvalue weighted by Gasteiger charge is 2.29. The fourth-order valence-electron chi connectivity index (χ4n) is 1.45. The van der Waals surface area contributed by atoms with Crippen molar-refractivity contribution >= 4 is 11.9 Å². The van der Waals surface area contributed by atoms with Crippen molar-refractivity contribution in [1.82, 2.24) is 9.88 Å². The first-order valence-corrected chi connectivity index (χ1v) is 5.39. The van der Waals surface area contributed by atoms with E-state index in [4.69, 9.17) is 5.11 Å². The molecule has 0 aromatic carbocycles. The van der Waals surface area contributed by atoms with Gasteiger partial charge in [-0.15, -0.1) is 0 Å². The molecule has 0 radical (unpaired) electrons. The third-order valence-electron chi connectivity index (χ3n) is 2.32. The van der Waals surface area contributed by atoms with Gasteiger partial charge < -0.3 is 15.1 Å². The van der Waals surface area contributed by atoms with Crippen molar-refractivity contribution in [1.29, 1.82) is 0 Å². The van der Waals surface area contributed by atoms with E-state index in [2.05, 4.69) is 4.98 Å². The van der Waals surface area contributed by atoms with Crippen LogP contribution in [0.1, 0.15) is 31.1 Å². The van der Waals surface area contributed by atoms with Gasteiger partial charge in [-0.3, -0.25) is 14.6 Å². The van der Waals surface area contributed by atoms with Gasteiger partial charge in [0.2, 0.25) is 0 Å². The second-order valence-corrected chi connectivity index (χ2v) is 4.89. The predicted octanol–water partition coefficient (Wildman–Crippen LogP) is 1.11. The molecule has 6 heteroatoms. The summed E-state index contributed by atoms with van der Waals surface area (Å²) in [6.45, 7) is 4.82. The number of carbonyl (C=O) groups excluding carboxylic acids is 1. The van der Waals surface area contributed by atoms with Crippen LogP contribution < -0.4 is 0 Å². The lowest BCUT2D eigenvalue weighted by molar-refractivity contribution is -0.138. The minimum atomic E-state index is -1.09. The van der Waals surface area contributed by atoms with Crippen LogP contribution in [0.15, 0.2) is 18.5 Å². The number of carbonyl (C=O) groups is 2. The van der Waals surface area contributed by atoms with Gasteiger partial charge in [0.1, 0.15) is 12.3 Å². The molecule has 2 N–H and O–H groups in total. The molecule has 0 aliphatic carbocycles. The van der Waals surface area contributed by atoms with E-state index in [1.54, 1.807) is 20.8 Å². The number of pyridine rings is 1. The zero-order valence-electron chi connectivity index (χ0n) is 10.5. The Bertz CT molecular complexity index is 465. The number of aromatic nitrogens is 1. The third-order valence-corrected chi connectivity index (χ3v) is 2.32. The van der Waals surface area contributed by atoms with Crippen molar-refractivity contribution in [2.24, 2.45) is 0 Å². The molecule has 0 aliphatic heterocycles. The number of amides is 1. The van der Waals surface area contributed by atoms with Crippen LogP contribution in [0, 0.1) is 0 Å². The maximum Gasteiger partial charge on any atom is 0.323 e. The van der Waals surface area contributed by atoms with E-state index >= 15 is 0 Å². The van der Waals surface area contributed by atoms with Gasteiger partial charge >= 0.3 is 5.97 Å². The van der Waals surface area contributed by atoms with Gasteiger partial charge in [0, 0.05) is 11.7 Å². The number of aliphatic carboxylic acids is 1. The van der Waals surface area contributed by atoms with Gasteiger partial charge in [0.05, 0.1) is 11.8 Å². The van der Waals surface area contributed by atoms with E-state index in [0.717, 1.165) is 0 Å². The van der Waals surface area contributed by atoms with Crippen LogP contribution in [0.3, 0.4) is 0 Å². The molecule has 6 nitrogen and oxygen atoms in total. The second kappa shape index (κ2) is 5.03. The summed E-state index contributed by atoms with van der Waals surface area (Å²) < 4.78 is 0. The first-order valence-electron chi connectivity index (χ1n) is 5.39. The van der Waals surface area contributed by atoms with E-state index < -0.39 is 24.0 Å². The summed E-state index contributed by atoms with van der Waals surface area (Å²) in [5, 5.41) is 18.1. The lowest BCUT2D eigenvalue weighted by Crippen LogP contribution is -2.48. The lowest BCUT2D eigenvalue weighted by Gasteiger charge is -2.34. The molecule has 0 spiro atoms. The van der Waals surface area contributed by atoms with E-state index in [9.17, 15) is 14.7 Å². The number of hydrogen-bond acceptors (Lipinski definition) is 4. The molecule has 1 amide bonds. The minimum absolute atomic E-state index is 0.134. The average molecular weight is 252 g/mol. The SMILES string of the molecule is CC(C)(C)N(CC(=O)O)C(=O)c1cncc(O)c1. The molecule has 18 heavy (non-hydrogen) atoms. The van der Waals surface area contributed by atoms with Gasteiger partial charge in [0.25, 0.3) is 5.91 Å². The van der Waals surface area contributed by atoms with Crippen molar-refractivity contribution in [2.75, 3.05) is 6.54 Å². The molecule has 1 rings (SSSR count). The largest absolute Gasteiger partial charge is 0.506 e. The first kappa shape index (κ1) is 14.0. The first-order chi connectivity index (χ1) is 8.21. The number of carboxylic acids is 1. The summed E-state index contributed by atoms with van der Waals surface area (Å²) in [5.74, 6) is -1.70. The van der Waals surface area contributed by atoms with Crippen LogP contribution in [0.25, 0.3) is 0 Å². The molecule has 0 saturated heterocycles. The molecule has 1 heterocycles. The fraction of sp³-hybridized carbons (Fsp3) is 0.417. The zero-order chi connectivity index (χ0) is 13.9. The highest BCUT2D eigenvalue weighted by molar-refractivity contribution is 5.96. The molecule has 1 aromatic heterocycles. The van der Waals surface area contributed by atoms with Crippen LogP contribution in [-0.4, -0.2) is 44.1 Å².